The fourth-order valence-electron chi connectivity index (χ4n) is 3.15. The van der Waals surface area contributed by atoms with Crippen LogP contribution in [0, 0.1) is 0 Å². The molecule has 0 bridgehead atoms. The molecule has 7 nitrogen and oxygen atoms in total. The maximum absolute atomic E-state index is 13.3. The Balaban J connectivity index is 2.44. The Morgan fingerprint density at radius 3 is 2.10 bits per heavy atom. The summed E-state index contributed by atoms with van der Waals surface area (Å²) in [6.45, 7) is 3.25. The molecule has 1 atom stereocenters. The van der Waals surface area contributed by atoms with Crippen LogP contribution in [0.1, 0.15) is 30.2 Å². The second-order valence-corrected chi connectivity index (χ2v) is 6.50. The summed E-state index contributed by atoms with van der Waals surface area (Å²) in [6.07, 6.45) is 0. The zero-order valence-corrected chi connectivity index (χ0v) is 17.0. The number of nitrogens with zero attached hydrogens (tertiary/aromatic N) is 2. The molecule has 3 aromatic rings. The molecular weight excluding hydrogens is 384 g/mol. The van der Waals surface area contributed by atoms with Gasteiger partial charge in [-0.15, -0.1) is 0 Å². The Morgan fingerprint density at radius 2 is 1.57 bits per heavy atom. The Hall–Kier alpha value is -3.74. The van der Waals surface area contributed by atoms with E-state index < -0.39 is 23.5 Å². The number of ether oxygens (including phenoxy) is 2. The highest BCUT2D eigenvalue weighted by Gasteiger charge is 2.29. The van der Waals surface area contributed by atoms with Gasteiger partial charge in [-0.1, -0.05) is 60.7 Å². The lowest BCUT2D eigenvalue weighted by molar-refractivity contribution is -0.144. The topological polar surface area (TPSA) is 87.5 Å². The molecular formula is C23H22N2O5. The summed E-state index contributed by atoms with van der Waals surface area (Å²) in [7, 11) is 1.23. The molecule has 30 heavy (non-hydrogen) atoms. The van der Waals surface area contributed by atoms with Crippen LogP contribution in [0.15, 0.2) is 65.5 Å². The minimum Gasteiger partial charge on any atom is -0.467 e. The Morgan fingerprint density at radius 1 is 1.00 bits per heavy atom. The van der Waals surface area contributed by atoms with Crippen molar-refractivity contribution in [2.45, 2.75) is 19.9 Å². The second-order valence-electron chi connectivity index (χ2n) is 6.50. The van der Waals surface area contributed by atoms with Crippen molar-refractivity contribution >= 4 is 11.9 Å². The zero-order chi connectivity index (χ0) is 21.7. The summed E-state index contributed by atoms with van der Waals surface area (Å²) in [4.78, 5) is 38.3. The lowest BCUT2D eigenvalue weighted by atomic mass is 9.95. The predicted octanol–water partition coefficient (Wildman–Crippen LogP) is 3.49. The molecule has 3 rings (SSSR count). The van der Waals surface area contributed by atoms with E-state index in [1.165, 1.54) is 14.0 Å². The first-order chi connectivity index (χ1) is 14.5. The summed E-state index contributed by atoms with van der Waals surface area (Å²) in [5.74, 6) is -1.42. The van der Waals surface area contributed by atoms with Crippen LogP contribution in [0.4, 0.5) is 0 Å². The molecule has 0 radical (unpaired) electrons. The van der Waals surface area contributed by atoms with Gasteiger partial charge in [-0.2, -0.15) is 5.10 Å². The van der Waals surface area contributed by atoms with Crippen LogP contribution >= 0.6 is 0 Å². The first kappa shape index (κ1) is 21.0. The van der Waals surface area contributed by atoms with Crippen molar-refractivity contribution in [3.05, 3.63) is 76.6 Å². The van der Waals surface area contributed by atoms with Crippen LogP contribution in [0.5, 0.6) is 0 Å². The molecule has 0 N–H and O–H groups in total. The summed E-state index contributed by atoms with van der Waals surface area (Å²) >= 11 is 0. The van der Waals surface area contributed by atoms with Crippen LogP contribution in [0.3, 0.4) is 0 Å². The molecule has 0 aliphatic rings. The summed E-state index contributed by atoms with van der Waals surface area (Å²) < 4.78 is 10.9. The van der Waals surface area contributed by atoms with E-state index in [0.29, 0.717) is 22.4 Å². The normalized spacial score (nSPS) is 11.6. The molecule has 154 valence electrons. The standard InChI is InChI=1S/C23H22N2O5/c1-4-30-23(28)19-18(16-11-7-5-8-12-16)20(17-13-9-6-10-14-17)24-25(21(19)26)15(2)22(27)29-3/h5-15H,4H2,1-3H3/t15-/m1/s1. The highest BCUT2D eigenvalue weighted by Crippen LogP contribution is 2.32. The van der Waals surface area contributed by atoms with Crippen LogP contribution < -0.4 is 5.56 Å². The first-order valence-electron chi connectivity index (χ1n) is 9.52. The highest BCUT2D eigenvalue weighted by atomic mass is 16.5. The largest absolute Gasteiger partial charge is 0.467 e. The molecule has 0 spiro atoms. The van der Waals surface area contributed by atoms with Gasteiger partial charge in [0, 0.05) is 11.1 Å². The maximum atomic E-state index is 13.3. The quantitative estimate of drug-likeness (QED) is 0.583. The van der Waals surface area contributed by atoms with Crippen molar-refractivity contribution in [1.82, 2.24) is 9.78 Å². The van der Waals surface area contributed by atoms with Gasteiger partial charge in [-0.25, -0.2) is 14.3 Å². The average Bonchev–Trinajstić information content (AvgIpc) is 2.79. The smallest absolute Gasteiger partial charge is 0.344 e. The average molecular weight is 406 g/mol. The first-order valence-corrected chi connectivity index (χ1v) is 9.52. The van der Waals surface area contributed by atoms with Gasteiger partial charge < -0.3 is 9.47 Å². The van der Waals surface area contributed by atoms with Crippen molar-refractivity contribution in [1.29, 1.82) is 0 Å². The van der Waals surface area contributed by atoms with Gasteiger partial charge in [0.25, 0.3) is 5.56 Å². The van der Waals surface area contributed by atoms with E-state index >= 15 is 0 Å². The Kier molecular flexibility index (Phi) is 6.41. The Labute approximate surface area is 173 Å². The third-order valence-electron chi connectivity index (χ3n) is 4.61. The highest BCUT2D eigenvalue weighted by molar-refractivity contribution is 6.01. The number of benzene rings is 2. The number of hydrogen-bond donors (Lipinski definition) is 0. The molecule has 0 fully saturated rings. The minimum absolute atomic E-state index is 0.0993. The van der Waals surface area contributed by atoms with Gasteiger partial charge in [-0.05, 0) is 19.4 Å². The third-order valence-corrected chi connectivity index (χ3v) is 4.61. The van der Waals surface area contributed by atoms with Gasteiger partial charge >= 0.3 is 11.9 Å². The van der Waals surface area contributed by atoms with E-state index in [0.717, 1.165) is 4.68 Å². The fraction of sp³-hybridized carbons (Fsp3) is 0.217. The van der Waals surface area contributed by atoms with Crippen molar-refractivity contribution in [2.75, 3.05) is 13.7 Å². The van der Waals surface area contributed by atoms with Crippen LogP contribution in [-0.4, -0.2) is 35.4 Å². The van der Waals surface area contributed by atoms with Gasteiger partial charge in [0.05, 0.1) is 19.4 Å². The molecule has 0 aliphatic carbocycles. The van der Waals surface area contributed by atoms with Crippen molar-refractivity contribution in [2.24, 2.45) is 0 Å². The summed E-state index contributed by atoms with van der Waals surface area (Å²) in [6, 6.07) is 17.2. The predicted molar refractivity (Wildman–Crippen MR) is 112 cm³/mol. The van der Waals surface area contributed by atoms with E-state index in [1.54, 1.807) is 19.1 Å². The monoisotopic (exact) mass is 406 g/mol. The van der Waals surface area contributed by atoms with Crippen molar-refractivity contribution in [3.63, 3.8) is 0 Å². The number of hydrogen-bond acceptors (Lipinski definition) is 6. The van der Waals surface area contributed by atoms with Crippen molar-refractivity contribution < 1.29 is 19.1 Å². The molecule has 1 aromatic heterocycles. The summed E-state index contributed by atoms with van der Waals surface area (Å²) in [5.41, 5.74) is 1.19. The van der Waals surface area contributed by atoms with E-state index in [2.05, 4.69) is 5.10 Å². The lowest BCUT2D eigenvalue weighted by Gasteiger charge is -2.19. The molecule has 0 saturated carbocycles. The lowest BCUT2D eigenvalue weighted by Crippen LogP contribution is -2.36. The third kappa shape index (κ3) is 4.00. The van der Waals surface area contributed by atoms with E-state index in [-0.39, 0.29) is 12.2 Å². The zero-order valence-electron chi connectivity index (χ0n) is 17.0. The molecule has 7 heteroatoms. The minimum atomic E-state index is -1.03. The second kappa shape index (κ2) is 9.17. The molecule has 0 aliphatic heterocycles. The van der Waals surface area contributed by atoms with Crippen molar-refractivity contribution in [3.8, 4) is 22.4 Å². The van der Waals surface area contributed by atoms with Gasteiger partial charge in [0.1, 0.15) is 5.56 Å². The number of esters is 2. The van der Waals surface area contributed by atoms with Crippen LogP contribution in [-0.2, 0) is 14.3 Å². The number of methoxy groups -OCH3 is 1. The van der Waals surface area contributed by atoms with Crippen LogP contribution in [0.25, 0.3) is 22.4 Å². The number of carbonyl (C=O) groups is 2. The number of aromatic nitrogens is 2. The van der Waals surface area contributed by atoms with Gasteiger partial charge in [0.2, 0.25) is 0 Å². The number of carbonyl (C=O) groups excluding carboxylic acids is 2. The molecule has 0 unspecified atom stereocenters. The summed E-state index contributed by atoms with van der Waals surface area (Å²) in [5, 5.41) is 4.49. The molecule has 0 amide bonds. The van der Waals surface area contributed by atoms with E-state index in [9.17, 15) is 14.4 Å². The fourth-order valence-corrected chi connectivity index (χ4v) is 3.15. The van der Waals surface area contributed by atoms with Gasteiger partial charge in [-0.3, -0.25) is 4.79 Å². The number of rotatable bonds is 6. The molecule has 2 aromatic carbocycles. The Bertz CT molecular complexity index is 1110. The maximum Gasteiger partial charge on any atom is 0.344 e. The molecule has 1 heterocycles. The molecule has 0 saturated heterocycles. The van der Waals surface area contributed by atoms with Crippen LogP contribution in [0.2, 0.25) is 0 Å². The van der Waals surface area contributed by atoms with E-state index in [1.807, 2.05) is 48.5 Å². The van der Waals surface area contributed by atoms with E-state index in [4.69, 9.17) is 9.47 Å². The SMILES string of the molecule is CCOC(=O)c1c(-c2ccccc2)c(-c2ccccc2)nn([C@H](C)C(=O)OC)c1=O. The van der Waals surface area contributed by atoms with Gasteiger partial charge in [0.15, 0.2) is 6.04 Å².